The molecule has 1 saturated carbocycles. The number of benzene rings is 2. The van der Waals surface area contributed by atoms with Crippen molar-refractivity contribution in [3.8, 4) is 11.5 Å². The minimum absolute atomic E-state index is 0.0711. The van der Waals surface area contributed by atoms with Crippen LogP contribution in [0.5, 0.6) is 11.5 Å². The summed E-state index contributed by atoms with van der Waals surface area (Å²) >= 11 is 0. The molecule has 1 aliphatic carbocycles. The summed E-state index contributed by atoms with van der Waals surface area (Å²) in [6, 6.07) is 15.0. The number of hydrogen-bond donors (Lipinski definition) is 2. The normalized spacial score (nSPS) is 14.2. The standard InChI is InChI=1S/C44H72N2O3/c1-3-4-5-6-7-8-9-10-11-12-13-16-19-22-33-45-37-41-31-32-42(35-43(41)48-2)49-34-23-26-44(47)46-36-38-27-29-40(30-28-38)39-24-20-17-14-15-18-21-25-39/h27-32,35,39,45H,3-26,33-34,36-37H2,1-2H3,(H,46,47). The van der Waals surface area contributed by atoms with Crippen LogP contribution in [0.4, 0.5) is 0 Å². The largest absolute Gasteiger partial charge is 0.496 e. The minimum atomic E-state index is 0.0711. The highest BCUT2D eigenvalue weighted by atomic mass is 16.5. The second kappa shape index (κ2) is 27.2. The Bertz CT molecular complexity index is 1090. The lowest BCUT2D eigenvalue weighted by Crippen LogP contribution is -2.23. The zero-order valence-corrected chi connectivity index (χ0v) is 31.6. The van der Waals surface area contributed by atoms with Crippen LogP contribution in [0.15, 0.2) is 42.5 Å². The highest BCUT2D eigenvalue weighted by Gasteiger charge is 2.13. The third kappa shape index (κ3) is 18.9. The Labute approximate surface area is 301 Å². The molecule has 276 valence electrons. The Morgan fingerprint density at radius 2 is 1.29 bits per heavy atom. The number of hydrogen-bond acceptors (Lipinski definition) is 4. The van der Waals surface area contributed by atoms with E-state index in [0.29, 0.717) is 31.9 Å². The molecule has 0 atom stereocenters. The Morgan fingerprint density at radius 3 is 1.90 bits per heavy atom. The number of amides is 1. The van der Waals surface area contributed by atoms with Gasteiger partial charge in [-0.1, -0.05) is 159 Å². The predicted octanol–water partition coefficient (Wildman–Crippen LogP) is 12.0. The first-order chi connectivity index (χ1) is 24.2. The summed E-state index contributed by atoms with van der Waals surface area (Å²) in [4.78, 5) is 12.5. The fourth-order valence-electron chi connectivity index (χ4n) is 7.21. The predicted molar refractivity (Wildman–Crippen MR) is 208 cm³/mol. The quantitative estimate of drug-likeness (QED) is 0.0974. The SMILES string of the molecule is CCCCCCCCCCCCCCCCNCc1ccc(OCCCC(=O)NCc2ccc(C3CCCCCCCC3)cc2)cc1OC. The van der Waals surface area contributed by atoms with Gasteiger partial charge in [-0.05, 0) is 55.3 Å². The van der Waals surface area contributed by atoms with Crippen LogP contribution >= 0.6 is 0 Å². The van der Waals surface area contributed by atoms with Crippen LogP contribution in [-0.2, 0) is 17.9 Å². The molecule has 2 aromatic rings. The van der Waals surface area contributed by atoms with Gasteiger partial charge in [-0.25, -0.2) is 0 Å². The molecule has 0 radical (unpaired) electrons. The molecule has 0 unspecified atom stereocenters. The maximum Gasteiger partial charge on any atom is 0.220 e. The molecule has 5 heteroatoms. The summed E-state index contributed by atoms with van der Waals surface area (Å²) in [5.74, 6) is 2.40. The first-order valence-electron chi connectivity index (χ1n) is 20.6. The van der Waals surface area contributed by atoms with Gasteiger partial charge in [0.2, 0.25) is 5.91 Å². The molecule has 49 heavy (non-hydrogen) atoms. The van der Waals surface area contributed by atoms with Crippen LogP contribution in [0.3, 0.4) is 0 Å². The molecule has 1 aliphatic rings. The van der Waals surface area contributed by atoms with Crippen molar-refractivity contribution in [2.45, 2.75) is 180 Å². The van der Waals surface area contributed by atoms with Gasteiger partial charge in [0, 0.05) is 31.1 Å². The van der Waals surface area contributed by atoms with Crippen LogP contribution < -0.4 is 20.1 Å². The van der Waals surface area contributed by atoms with Gasteiger partial charge in [0.15, 0.2) is 0 Å². The molecule has 0 aliphatic heterocycles. The van der Waals surface area contributed by atoms with Crippen molar-refractivity contribution in [3.63, 3.8) is 0 Å². The van der Waals surface area contributed by atoms with Crippen molar-refractivity contribution in [2.75, 3.05) is 20.3 Å². The van der Waals surface area contributed by atoms with Gasteiger partial charge in [-0.3, -0.25) is 4.79 Å². The Hall–Kier alpha value is -2.53. The maximum absolute atomic E-state index is 12.5. The lowest BCUT2D eigenvalue weighted by Gasteiger charge is -2.17. The van der Waals surface area contributed by atoms with Crippen molar-refractivity contribution in [3.05, 3.63) is 59.2 Å². The summed E-state index contributed by atoms with van der Waals surface area (Å²) in [6.45, 7) is 5.20. The summed E-state index contributed by atoms with van der Waals surface area (Å²) in [5.41, 5.74) is 3.78. The average Bonchev–Trinajstić information content (AvgIpc) is 3.27. The second-order valence-electron chi connectivity index (χ2n) is 14.6. The molecule has 0 aromatic heterocycles. The van der Waals surface area contributed by atoms with E-state index >= 15 is 0 Å². The van der Waals surface area contributed by atoms with Gasteiger partial charge >= 0.3 is 0 Å². The van der Waals surface area contributed by atoms with Gasteiger partial charge in [0.1, 0.15) is 11.5 Å². The number of rotatable bonds is 26. The van der Waals surface area contributed by atoms with Gasteiger partial charge in [-0.15, -0.1) is 0 Å². The summed E-state index contributed by atoms with van der Waals surface area (Å²) in [6.07, 6.45) is 31.4. The van der Waals surface area contributed by atoms with E-state index in [1.165, 1.54) is 147 Å². The highest BCUT2D eigenvalue weighted by molar-refractivity contribution is 5.75. The van der Waals surface area contributed by atoms with Crippen molar-refractivity contribution < 1.29 is 14.3 Å². The van der Waals surface area contributed by atoms with E-state index in [2.05, 4.69) is 47.9 Å². The molecule has 5 nitrogen and oxygen atoms in total. The van der Waals surface area contributed by atoms with E-state index in [9.17, 15) is 4.79 Å². The zero-order valence-electron chi connectivity index (χ0n) is 31.6. The van der Waals surface area contributed by atoms with Crippen molar-refractivity contribution in [2.24, 2.45) is 0 Å². The summed E-state index contributed by atoms with van der Waals surface area (Å²) < 4.78 is 11.6. The van der Waals surface area contributed by atoms with Crippen LogP contribution in [0.25, 0.3) is 0 Å². The fraction of sp³-hybridized carbons (Fsp3) is 0.705. The molecule has 0 spiro atoms. The van der Waals surface area contributed by atoms with Crippen molar-refractivity contribution >= 4 is 5.91 Å². The fourth-order valence-corrected chi connectivity index (χ4v) is 7.21. The van der Waals surface area contributed by atoms with E-state index in [1.807, 2.05) is 12.1 Å². The summed E-state index contributed by atoms with van der Waals surface area (Å²) in [5, 5.41) is 6.67. The van der Waals surface area contributed by atoms with E-state index in [-0.39, 0.29) is 5.91 Å². The van der Waals surface area contributed by atoms with E-state index in [4.69, 9.17) is 9.47 Å². The molecule has 1 amide bonds. The van der Waals surface area contributed by atoms with Gasteiger partial charge in [0.05, 0.1) is 13.7 Å². The van der Waals surface area contributed by atoms with Crippen molar-refractivity contribution in [1.82, 2.24) is 10.6 Å². The van der Waals surface area contributed by atoms with E-state index in [1.54, 1.807) is 7.11 Å². The first-order valence-corrected chi connectivity index (χ1v) is 20.6. The monoisotopic (exact) mass is 677 g/mol. The molecule has 0 saturated heterocycles. The molecule has 3 rings (SSSR count). The zero-order chi connectivity index (χ0) is 34.6. The van der Waals surface area contributed by atoms with Gasteiger partial charge in [0.25, 0.3) is 0 Å². The molecular formula is C44H72N2O3. The number of nitrogens with one attached hydrogen (secondary N) is 2. The third-order valence-electron chi connectivity index (χ3n) is 10.4. The number of carbonyl (C=O) groups excluding carboxylic acids is 1. The molecule has 0 heterocycles. The maximum atomic E-state index is 12.5. The third-order valence-corrected chi connectivity index (χ3v) is 10.4. The van der Waals surface area contributed by atoms with Gasteiger partial charge < -0.3 is 20.1 Å². The number of carbonyl (C=O) groups is 1. The molecule has 1 fully saturated rings. The minimum Gasteiger partial charge on any atom is -0.496 e. The van der Waals surface area contributed by atoms with E-state index < -0.39 is 0 Å². The molecular weight excluding hydrogens is 604 g/mol. The number of ether oxygens (including phenoxy) is 2. The van der Waals surface area contributed by atoms with Crippen molar-refractivity contribution in [1.29, 1.82) is 0 Å². The lowest BCUT2D eigenvalue weighted by atomic mass is 9.89. The molecule has 2 N–H and O–H groups in total. The highest BCUT2D eigenvalue weighted by Crippen LogP contribution is 2.30. The van der Waals surface area contributed by atoms with Gasteiger partial charge in [-0.2, -0.15) is 0 Å². The van der Waals surface area contributed by atoms with Crippen LogP contribution in [-0.4, -0.2) is 26.2 Å². The first kappa shape index (κ1) is 40.9. The molecule has 2 aromatic carbocycles. The second-order valence-corrected chi connectivity index (χ2v) is 14.6. The van der Waals surface area contributed by atoms with Crippen LogP contribution in [0, 0.1) is 0 Å². The lowest BCUT2D eigenvalue weighted by molar-refractivity contribution is -0.121. The Kier molecular flexibility index (Phi) is 22.7. The smallest absolute Gasteiger partial charge is 0.220 e. The van der Waals surface area contributed by atoms with E-state index in [0.717, 1.165) is 35.7 Å². The Morgan fingerprint density at radius 1 is 0.694 bits per heavy atom. The van der Waals surface area contributed by atoms with Crippen LogP contribution in [0.2, 0.25) is 0 Å². The Balaban J connectivity index is 1.19. The number of methoxy groups -OCH3 is 1. The topological polar surface area (TPSA) is 59.6 Å². The molecule has 0 bridgehead atoms. The average molecular weight is 677 g/mol. The number of unbranched alkanes of at least 4 members (excludes halogenated alkanes) is 13. The van der Waals surface area contributed by atoms with Crippen LogP contribution in [0.1, 0.15) is 184 Å². The summed E-state index contributed by atoms with van der Waals surface area (Å²) in [7, 11) is 1.72.